The molecule has 0 atom stereocenters. The smallest absolute Gasteiger partial charge is 0.359 e. The number of carbonyl (C=O) groups excluding carboxylic acids is 2. The number of hydrogen-bond acceptors (Lipinski definition) is 6. The highest BCUT2D eigenvalue weighted by molar-refractivity contribution is 7.58. The molecular formula is C11H20NO6P. The summed E-state index contributed by atoms with van der Waals surface area (Å²) in [6.07, 6.45) is 0.304. The third-order valence-electron chi connectivity index (χ3n) is 2.05. The van der Waals surface area contributed by atoms with Crippen LogP contribution < -0.4 is 5.32 Å². The fourth-order valence-electron chi connectivity index (χ4n) is 1.28. The number of esters is 1. The molecule has 19 heavy (non-hydrogen) atoms. The zero-order valence-corrected chi connectivity index (χ0v) is 12.5. The summed E-state index contributed by atoms with van der Waals surface area (Å²) in [4.78, 5) is 22.2. The summed E-state index contributed by atoms with van der Waals surface area (Å²) in [6.45, 7) is 6.74. The van der Waals surface area contributed by atoms with Crippen molar-refractivity contribution in [3.63, 3.8) is 0 Å². The molecule has 110 valence electrons. The maximum absolute atomic E-state index is 12.5. The van der Waals surface area contributed by atoms with Gasteiger partial charge in [-0.25, -0.2) is 4.79 Å². The molecule has 0 bridgehead atoms. The van der Waals surface area contributed by atoms with Gasteiger partial charge in [0.2, 0.25) is 6.41 Å². The van der Waals surface area contributed by atoms with Crippen LogP contribution in [0.3, 0.4) is 0 Å². The number of carbonyl (C=O) groups is 2. The highest BCUT2D eigenvalue weighted by atomic mass is 31.2. The van der Waals surface area contributed by atoms with Crippen LogP contribution in [0.1, 0.15) is 27.7 Å². The van der Waals surface area contributed by atoms with Crippen LogP contribution in [0.2, 0.25) is 0 Å². The number of hydrogen-bond donors (Lipinski definition) is 1. The van der Waals surface area contributed by atoms with Crippen LogP contribution in [0, 0.1) is 0 Å². The number of rotatable bonds is 9. The van der Waals surface area contributed by atoms with Crippen LogP contribution in [0.4, 0.5) is 0 Å². The van der Waals surface area contributed by atoms with Gasteiger partial charge in [0.25, 0.3) is 0 Å². The van der Waals surface area contributed by atoms with Crippen LogP contribution in [-0.2, 0) is 27.9 Å². The van der Waals surface area contributed by atoms with E-state index in [0.717, 1.165) is 0 Å². The van der Waals surface area contributed by atoms with E-state index in [9.17, 15) is 14.2 Å². The lowest BCUT2D eigenvalue weighted by molar-refractivity contribution is -0.139. The van der Waals surface area contributed by atoms with Crippen LogP contribution >= 0.6 is 7.60 Å². The second-order valence-electron chi connectivity index (χ2n) is 3.28. The molecule has 8 heteroatoms. The number of allylic oxidation sites excluding steroid dienone is 1. The van der Waals surface area contributed by atoms with Gasteiger partial charge in [0, 0.05) is 0 Å². The van der Waals surface area contributed by atoms with E-state index in [2.05, 4.69) is 5.32 Å². The number of ether oxygens (including phenoxy) is 1. The molecule has 0 saturated heterocycles. The fourth-order valence-corrected chi connectivity index (χ4v) is 2.85. The van der Waals surface area contributed by atoms with Gasteiger partial charge in [0.15, 0.2) is 0 Å². The van der Waals surface area contributed by atoms with Gasteiger partial charge in [-0.05, 0) is 27.7 Å². The standard InChI is InChI=1S/C11H20NO6P/c1-5-16-11(14)10(12-8-13)9(4)19(15,17-6-2)18-7-3/h8H,5-7H2,1-4H3,(H,12,13)/b10-9-. The first-order valence-electron chi connectivity index (χ1n) is 5.94. The number of amides is 1. The fraction of sp³-hybridized carbons (Fsp3) is 0.636. The summed E-state index contributed by atoms with van der Waals surface area (Å²) in [7, 11) is -3.62. The second-order valence-corrected chi connectivity index (χ2v) is 5.46. The third-order valence-corrected chi connectivity index (χ3v) is 4.29. The normalized spacial score (nSPS) is 12.6. The molecule has 0 aliphatic rings. The Hall–Kier alpha value is -1.17. The van der Waals surface area contributed by atoms with E-state index in [1.807, 2.05) is 0 Å². The summed E-state index contributed by atoms with van der Waals surface area (Å²) in [6, 6.07) is 0. The second kappa shape index (κ2) is 8.85. The molecule has 0 spiro atoms. The summed E-state index contributed by atoms with van der Waals surface area (Å²) in [5.41, 5.74) is -0.220. The quantitative estimate of drug-likeness (QED) is 0.301. The van der Waals surface area contributed by atoms with Crippen LogP contribution in [-0.4, -0.2) is 32.2 Å². The molecule has 7 nitrogen and oxygen atoms in total. The molecule has 0 rings (SSSR count). The first-order valence-corrected chi connectivity index (χ1v) is 7.48. The van der Waals surface area contributed by atoms with Gasteiger partial charge in [0.1, 0.15) is 5.70 Å². The van der Waals surface area contributed by atoms with Gasteiger partial charge >= 0.3 is 13.6 Å². The van der Waals surface area contributed by atoms with E-state index in [4.69, 9.17) is 13.8 Å². The Morgan fingerprint density at radius 2 is 1.68 bits per heavy atom. The summed E-state index contributed by atoms with van der Waals surface area (Å²) >= 11 is 0. The monoisotopic (exact) mass is 293 g/mol. The maximum Gasteiger partial charge on any atom is 0.359 e. The van der Waals surface area contributed by atoms with Crippen LogP contribution in [0.25, 0.3) is 0 Å². The predicted molar refractivity (Wildman–Crippen MR) is 69.4 cm³/mol. The van der Waals surface area contributed by atoms with Crippen molar-refractivity contribution in [1.29, 1.82) is 0 Å². The van der Waals surface area contributed by atoms with Crippen molar-refractivity contribution in [1.82, 2.24) is 5.32 Å². The lowest BCUT2D eigenvalue weighted by atomic mass is 10.4. The van der Waals surface area contributed by atoms with Gasteiger partial charge in [-0.2, -0.15) is 0 Å². The Labute approximate surface area is 112 Å². The minimum Gasteiger partial charge on any atom is -0.461 e. The zero-order valence-electron chi connectivity index (χ0n) is 11.6. The van der Waals surface area contributed by atoms with E-state index in [1.165, 1.54) is 6.92 Å². The number of nitrogens with one attached hydrogen (secondary N) is 1. The van der Waals surface area contributed by atoms with E-state index in [0.29, 0.717) is 6.41 Å². The molecule has 0 unspecified atom stereocenters. The molecule has 0 fully saturated rings. The zero-order chi connectivity index (χ0) is 14.9. The van der Waals surface area contributed by atoms with Crippen molar-refractivity contribution < 1.29 is 27.9 Å². The van der Waals surface area contributed by atoms with Crippen molar-refractivity contribution in [3.05, 3.63) is 11.0 Å². The molecule has 0 aromatic carbocycles. The SMILES string of the molecule is CCOC(=O)/C(NC=O)=C(\C)P(=O)(OCC)OCC. The summed E-state index contributed by atoms with van der Waals surface area (Å²) in [5.74, 6) is -0.785. The Balaban J connectivity index is 5.55. The van der Waals surface area contributed by atoms with Crippen molar-refractivity contribution >= 4 is 20.0 Å². The Morgan fingerprint density at radius 1 is 1.16 bits per heavy atom. The van der Waals surface area contributed by atoms with Gasteiger partial charge in [-0.1, -0.05) is 0 Å². The Bertz CT molecular complexity index is 383. The van der Waals surface area contributed by atoms with E-state index < -0.39 is 13.6 Å². The highest BCUT2D eigenvalue weighted by Crippen LogP contribution is 2.56. The van der Waals surface area contributed by atoms with Gasteiger partial charge in [-0.15, -0.1) is 0 Å². The first kappa shape index (κ1) is 17.8. The average Bonchev–Trinajstić information content (AvgIpc) is 2.36. The molecule has 0 saturated carbocycles. The van der Waals surface area contributed by atoms with E-state index in [1.54, 1.807) is 20.8 Å². The molecule has 1 amide bonds. The van der Waals surface area contributed by atoms with E-state index in [-0.39, 0.29) is 30.8 Å². The van der Waals surface area contributed by atoms with Gasteiger partial charge < -0.3 is 19.1 Å². The molecule has 0 radical (unpaired) electrons. The van der Waals surface area contributed by atoms with Gasteiger partial charge in [0.05, 0.1) is 25.1 Å². The first-order chi connectivity index (χ1) is 8.96. The predicted octanol–water partition coefficient (Wildman–Crippen LogP) is 1.79. The van der Waals surface area contributed by atoms with Crippen molar-refractivity contribution in [2.24, 2.45) is 0 Å². The van der Waals surface area contributed by atoms with Crippen LogP contribution in [0.5, 0.6) is 0 Å². The van der Waals surface area contributed by atoms with Crippen molar-refractivity contribution in [2.75, 3.05) is 19.8 Å². The minimum atomic E-state index is -3.62. The van der Waals surface area contributed by atoms with E-state index >= 15 is 0 Å². The Morgan fingerprint density at radius 3 is 2.05 bits per heavy atom. The lowest BCUT2D eigenvalue weighted by Gasteiger charge is -2.19. The summed E-state index contributed by atoms with van der Waals surface area (Å²) < 4.78 is 27.4. The molecule has 0 heterocycles. The van der Waals surface area contributed by atoms with Crippen LogP contribution in [0.15, 0.2) is 11.0 Å². The maximum atomic E-state index is 12.5. The lowest BCUT2D eigenvalue weighted by Crippen LogP contribution is -2.23. The largest absolute Gasteiger partial charge is 0.461 e. The molecular weight excluding hydrogens is 273 g/mol. The molecule has 0 aromatic heterocycles. The summed E-state index contributed by atoms with van der Waals surface area (Å²) in [5, 5.41) is 2.20. The average molecular weight is 293 g/mol. The van der Waals surface area contributed by atoms with Crippen molar-refractivity contribution in [3.8, 4) is 0 Å². The highest BCUT2D eigenvalue weighted by Gasteiger charge is 2.32. The third kappa shape index (κ3) is 5.14. The molecule has 1 N–H and O–H groups in total. The molecule has 0 aromatic rings. The molecule has 0 aliphatic carbocycles. The van der Waals surface area contributed by atoms with Gasteiger partial charge in [-0.3, -0.25) is 9.36 Å². The minimum absolute atomic E-state index is 0.0155. The topological polar surface area (TPSA) is 90.9 Å². The van der Waals surface area contributed by atoms with Crippen molar-refractivity contribution in [2.45, 2.75) is 27.7 Å². The Kier molecular flexibility index (Phi) is 8.30. The molecule has 0 aliphatic heterocycles.